The predicted molar refractivity (Wildman–Crippen MR) is 108 cm³/mol. The zero-order valence-corrected chi connectivity index (χ0v) is 17.7. The number of alkyl halides is 1. The van der Waals surface area contributed by atoms with Crippen molar-refractivity contribution in [2.75, 3.05) is 13.1 Å². The molecule has 0 saturated carbocycles. The van der Waals surface area contributed by atoms with Crippen LogP contribution in [0, 0.1) is 5.41 Å². The van der Waals surface area contributed by atoms with Gasteiger partial charge in [-0.3, -0.25) is 14.5 Å². The average Bonchev–Trinajstić information content (AvgIpc) is 3.36. The van der Waals surface area contributed by atoms with Gasteiger partial charge in [0.2, 0.25) is 5.91 Å². The van der Waals surface area contributed by atoms with E-state index in [2.05, 4.69) is 17.9 Å². The third kappa shape index (κ3) is 4.07. The topological polar surface area (TPSA) is 60.9 Å². The van der Waals surface area contributed by atoms with Gasteiger partial charge < -0.3 is 10.0 Å². The number of piperidine rings is 1. The number of nitrogens with zero attached hydrogens (tertiary/aromatic N) is 2. The lowest BCUT2D eigenvalue weighted by molar-refractivity contribution is -0.146. The lowest BCUT2D eigenvalue weighted by Crippen LogP contribution is -2.52. The summed E-state index contributed by atoms with van der Waals surface area (Å²) in [4.78, 5) is 27.5. The quantitative estimate of drug-likeness (QED) is 0.727. The monoisotopic (exact) mass is 430 g/mol. The first kappa shape index (κ1) is 21.5. The Hall–Kier alpha value is -1.18. The van der Waals surface area contributed by atoms with E-state index < -0.39 is 6.17 Å². The van der Waals surface area contributed by atoms with Crippen LogP contribution in [0.25, 0.3) is 0 Å². The second-order valence-electron chi connectivity index (χ2n) is 7.91. The van der Waals surface area contributed by atoms with Gasteiger partial charge in [0.1, 0.15) is 6.17 Å². The van der Waals surface area contributed by atoms with E-state index in [4.69, 9.17) is 21.5 Å². The molecule has 1 aromatic heterocycles. The molecule has 3 aliphatic rings. The molecule has 4 rings (SSSR count). The average molecular weight is 431 g/mol. The zero-order chi connectivity index (χ0) is 20.3. The number of fused-ring (bicyclic) bond motifs is 2. The highest BCUT2D eigenvalue weighted by Crippen LogP contribution is 2.53. The Morgan fingerprint density at radius 3 is 2.61 bits per heavy atom. The number of carboxylic acid groups (broad SMARTS) is 1. The molecular formula is C20H28ClFN2O3S. The van der Waals surface area contributed by atoms with Gasteiger partial charge in [-0.1, -0.05) is 18.5 Å². The van der Waals surface area contributed by atoms with Gasteiger partial charge in [0.05, 0.1) is 9.75 Å². The number of hydrogen-bond donors (Lipinski definition) is 1. The van der Waals surface area contributed by atoms with E-state index in [1.54, 1.807) is 11.3 Å². The van der Waals surface area contributed by atoms with Crippen LogP contribution in [0.5, 0.6) is 0 Å². The number of hydrogen-bond acceptors (Lipinski definition) is 4. The molecule has 5 nitrogen and oxygen atoms in total. The van der Waals surface area contributed by atoms with Crippen LogP contribution < -0.4 is 0 Å². The highest BCUT2D eigenvalue weighted by Gasteiger charge is 2.59. The Balaban J connectivity index is 0.000000706. The van der Waals surface area contributed by atoms with Gasteiger partial charge in [0.25, 0.3) is 6.47 Å². The van der Waals surface area contributed by atoms with Crippen LogP contribution in [0.2, 0.25) is 4.34 Å². The van der Waals surface area contributed by atoms with Gasteiger partial charge in [-0.05, 0) is 50.7 Å². The van der Waals surface area contributed by atoms with E-state index in [9.17, 15) is 9.18 Å². The Morgan fingerprint density at radius 2 is 2.04 bits per heavy atom. The summed E-state index contributed by atoms with van der Waals surface area (Å²) in [5.41, 5.74) is -0.271. The van der Waals surface area contributed by atoms with E-state index >= 15 is 0 Å². The molecule has 3 atom stereocenters. The smallest absolute Gasteiger partial charge is 0.290 e. The SMILES string of the molecule is CC[C@@]1(C(=O)N2CCC(F)CC2)C[C@@H]2CC[C@H]1N2Cc1ccc(Cl)s1.O=CO. The van der Waals surface area contributed by atoms with Crippen molar-refractivity contribution >= 4 is 35.3 Å². The molecule has 156 valence electrons. The minimum Gasteiger partial charge on any atom is -0.483 e. The summed E-state index contributed by atoms with van der Waals surface area (Å²) in [5.74, 6) is 0.281. The summed E-state index contributed by atoms with van der Waals surface area (Å²) in [7, 11) is 0. The van der Waals surface area contributed by atoms with Crippen molar-refractivity contribution < 1.29 is 19.1 Å². The maximum atomic E-state index is 13.5. The number of thiophene rings is 1. The minimum atomic E-state index is -0.735. The fourth-order valence-corrected chi connectivity index (χ4v) is 6.39. The molecule has 0 radical (unpaired) electrons. The largest absolute Gasteiger partial charge is 0.483 e. The molecule has 4 heterocycles. The second-order valence-corrected chi connectivity index (χ2v) is 9.71. The number of rotatable bonds is 4. The molecule has 1 aromatic rings. The second kappa shape index (κ2) is 9.09. The third-order valence-corrected chi connectivity index (χ3v) is 7.83. The van der Waals surface area contributed by atoms with Crippen LogP contribution >= 0.6 is 22.9 Å². The molecule has 0 spiro atoms. The van der Waals surface area contributed by atoms with Crippen molar-refractivity contribution in [3.63, 3.8) is 0 Å². The summed E-state index contributed by atoms with van der Waals surface area (Å²) < 4.78 is 14.3. The lowest BCUT2D eigenvalue weighted by Gasteiger charge is -2.41. The first-order valence-corrected chi connectivity index (χ1v) is 11.2. The van der Waals surface area contributed by atoms with Gasteiger partial charge in [-0.2, -0.15) is 0 Å². The molecule has 28 heavy (non-hydrogen) atoms. The number of amides is 1. The van der Waals surface area contributed by atoms with Gasteiger partial charge in [0, 0.05) is 36.6 Å². The van der Waals surface area contributed by atoms with E-state index in [0.29, 0.717) is 38.0 Å². The Labute approximate surface area is 174 Å². The summed E-state index contributed by atoms with van der Waals surface area (Å²) in [6.45, 7) is 3.97. The predicted octanol–water partition coefficient (Wildman–Crippen LogP) is 4.20. The zero-order valence-electron chi connectivity index (χ0n) is 16.2. The molecule has 0 aromatic carbocycles. The van der Waals surface area contributed by atoms with Crippen LogP contribution in [-0.2, 0) is 16.1 Å². The molecule has 3 aliphatic heterocycles. The minimum absolute atomic E-state index is 0.250. The van der Waals surface area contributed by atoms with Crippen molar-refractivity contribution in [3.05, 3.63) is 21.3 Å². The summed E-state index contributed by atoms with van der Waals surface area (Å²) in [6, 6.07) is 4.87. The lowest BCUT2D eigenvalue weighted by atomic mass is 9.70. The Bertz CT molecular complexity index is 695. The van der Waals surface area contributed by atoms with Crippen molar-refractivity contribution in [2.24, 2.45) is 5.41 Å². The van der Waals surface area contributed by atoms with E-state index in [1.165, 1.54) is 11.3 Å². The van der Waals surface area contributed by atoms with Gasteiger partial charge in [0.15, 0.2) is 0 Å². The van der Waals surface area contributed by atoms with E-state index in [0.717, 1.165) is 30.1 Å². The van der Waals surface area contributed by atoms with Crippen molar-refractivity contribution in [3.8, 4) is 0 Å². The van der Waals surface area contributed by atoms with Gasteiger partial charge in [-0.25, -0.2) is 4.39 Å². The van der Waals surface area contributed by atoms with Gasteiger partial charge in [-0.15, -0.1) is 11.3 Å². The molecule has 3 fully saturated rings. The number of carbonyl (C=O) groups is 2. The fraction of sp³-hybridized carbons (Fsp3) is 0.700. The van der Waals surface area contributed by atoms with Crippen LogP contribution in [0.3, 0.4) is 0 Å². The number of halogens is 2. The van der Waals surface area contributed by atoms with E-state index in [1.807, 2.05) is 11.0 Å². The van der Waals surface area contributed by atoms with Crippen molar-refractivity contribution in [2.45, 2.75) is 70.2 Å². The maximum Gasteiger partial charge on any atom is 0.290 e. The van der Waals surface area contributed by atoms with Crippen LogP contribution in [0.4, 0.5) is 4.39 Å². The highest BCUT2D eigenvalue weighted by molar-refractivity contribution is 7.16. The molecule has 1 N–H and O–H groups in total. The van der Waals surface area contributed by atoms with Crippen molar-refractivity contribution in [1.29, 1.82) is 0 Å². The molecule has 1 amide bonds. The highest BCUT2D eigenvalue weighted by atomic mass is 35.5. The normalized spacial score (nSPS) is 30.2. The molecular weight excluding hydrogens is 403 g/mol. The van der Waals surface area contributed by atoms with E-state index in [-0.39, 0.29) is 17.8 Å². The van der Waals surface area contributed by atoms with Crippen LogP contribution in [-0.4, -0.2) is 58.6 Å². The first-order valence-electron chi connectivity index (χ1n) is 9.96. The number of likely N-dealkylation sites (tertiary alicyclic amines) is 1. The molecule has 3 saturated heterocycles. The van der Waals surface area contributed by atoms with Crippen LogP contribution in [0.15, 0.2) is 12.1 Å². The molecule has 8 heteroatoms. The first-order chi connectivity index (χ1) is 13.4. The third-order valence-electron chi connectivity index (χ3n) is 6.62. The molecule has 2 bridgehead atoms. The fourth-order valence-electron chi connectivity index (χ4n) is 5.29. The maximum absolute atomic E-state index is 13.5. The Morgan fingerprint density at radius 1 is 1.36 bits per heavy atom. The summed E-state index contributed by atoms with van der Waals surface area (Å²) >= 11 is 7.73. The van der Waals surface area contributed by atoms with Gasteiger partial charge >= 0.3 is 0 Å². The van der Waals surface area contributed by atoms with Crippen LogP contribution in [0.1, 0.15) is 50.3 Å². The molecule has 0 unspecified atom stereocenters. The summed E-state index contributed by atoms with van der Waals surface area (Å²) in [6.07, 6.45) is 4.38. The number of carbonyl (C=O) groups excluding carboxylic acids is 1. The Kier molecular flexibility index (Phi) is 6.99. The standard InChI is InChI=1S/C19H26ClFN2OS.CH2O2/c1-2-19(18(24)22-9-7-13(21)8-10-22)11-14-3-5-16(19)23(14)12-15-4-6-17(20)25-15;2-1-3/h4,6,13-14,16H,2-3,5,7-12H2,1H3;1H,(H,2,3)/t14-,16+,19+;/m0./s1. The summed E-state index contributed by atoms with van der Waals surface area (Å²) in [5, 5.41) is 6.89. The van der Waals surface area contributed by atoms with Crippen molar-refractivity contribution in [1.82, 2.24) is 9.80 Å². The molecule has 0 aliphatic carbocycles.